The molecule has 0 aromatic heterocycles. The molecule has 1 saturated heterocycles. The van der Waals surface area contributed by atoms with Gasteiger partial charge in [-0.1, -0.05) is 24.6 Å². The van der Waals surface area contributed by atoms with E-state index in [0.717, 1.165) is 6.42 Å². The number of anilines is 1. The average Bonchev–Trinajstić information content (AvgIpc) is 2.77. The van der Waals surface area contributed by atoms with Gasteiger partial charge in [0.25, 0.3) is 11.6 Å². The number of piperazine rings is 1. The number of ether oxygens (including phenoxy) is 1. The van der Waals surface area contributed by atoms with Crippen LogP contribution in [0.5, 0.6) is 5.75 Å². The van der Waals surface area contributed by atoms with Crippen LogP contribution in [0.4, 0.5) is 11.4 Å². The van der Waals surface area contributed by atoms with Gasteiger partial charge >= 0.3 is 0 Å². The number of nitrogens with one attached hydrogen (secondary N) is 1. The van der Waals surface area contributed by atoms with Gasteiger partial charge in [-0.25, -0.2) is 0 Å². The summed E-state index contributed by atoms with van der Waals surface area (Å²) in [6.07, 6.45) is 0.910. The van der Waals surface area contributed by atoms with Crippen LogP contribution in [-0.4, -0.2) is 53.6 Å². The summed E-state index contributed by atoms with van der Waals surface area (Å²) < 4.78 is 5.52. The number of nitrogens with zero attached hydrogens (tertiary/aromatic N) is 3. The lowest BCUT2D eigenvalue weighted by molar-refractivity contribution is -0.384. The molecule has 0 aliphatic carbocycles. The van der Waals surface area contributed by atoms with Gasteiger partial charge in [0, 0.05) is 37.8 Å². The Morgan fingerprint density at radius 1 is 1.19 bits per heavy atom. The summed E-state index contributed by atoms with van der Waals surface area (Å²) >= 11 is 11.6. The summed E-state index contributed by atoms with van der Waals surface area (Å²) in [6, 6.07) is 11.5. The Morgan fingerprint density at radius 2 is 1.87 bits per heavy atom. The van der Waals surface area contributed by atoms with Crippen molar-refractivity contribution in [1.29, 1.82) is 0 Å². The fourth-order valence-corrected chi connectivity index (χ4v) is 3.83. The monoisotopic (exact) mass is 462 g/mol. The fourth-order valence-electron chi connectivity index (χ4n) is 3.27. The summed E-state index contributed by atoms with van der Waals surface area (Å²) in [5.74, 6) is 0.418. The van der Waals surface area contributed by atoms with Gasteiger partial charge < -0.3 is 14.5 Å². The van der Waals surface area contributed by atoms with Crippen molar-refractivity contribution in [3.05, 3.63) is 63.2 Å². The number of hydrogen-bond donors (Lipinski definition) is 1. The van der Waals surface area contributed by atoms with Crippen molar-refractivity contribution in [1.82, 2.24) is 10.2 Å². The van der Waals surface area contributed by atoms with E-state index in [1.165, 1.54) is 6.07 Å². The van der Waals surface area contributed by atoms with Crippen molar-refractivity contribution < 1.29 is 14.5 Å². The summed E-state index contributed by atoms with van der Waals surface area (Å²) in [5, 5.41) is 14.8. The lowest BCUT2D eigenvalue weighted by atomic mass is 10.2. The molecule has 0 unspecified atom stereocenters. The average molecular weight is 463 g/mol. The topological polar surface area (TPSA) is 88.0 Å². The highest BCUT2D eigenvalue weighted by Crippen LogP contribution is 2.35. The molecule has 1 amide bonds. The number of carbonyl (C=O) groups excluding carboxylic acids is 1. The first kappa shape index (κ1) is 22.8. The summed E-state index contributed by atoms with van der Waals surface area (Å²) in [4.78, 5) is 27.2. The maximum atomic E-state index is 12.5. The largest absolute Gasteiger partial charge is 0.494 e. The molecule has 8 nitrogen and oxygen atoms in total. The van der Waals surface area contributed by atoms with Gasteiger partial charge in [-0.3, -0.25) is 20.2 Å². The highest BCUT2D eigenvalue weighted by atomic mass is 35.5. The van der Waals surface area contributed by atoms with Crippen molar-refractivity contribution in [2.75, 3.05) is 37.7 Å². The van der Waals surface area contributed by atoms with E-state index < -0.39 is 4.92 Å². The number of rotatable bonds is 6. The van der Waals surface area contributed by atoms with Crippen molar-refractivity contribution in [2.24, 2.45) is 0 Å². The minimum absolute atomic E-state index is 0.0248. The molecule has 0 atom stereocenters. The molecule has 2 aromatic carbocycles. The molecule has 0 saturated carbocycles. The Kier molecular flexibility index (Phi) is 7.64. The van der Waals surface area contributed by atoms with E-state index in [-0.39, 0.29) is 11.6 Å². The van der Waals surface area contributed by atoms with E-state index in [9.17, 15) is 14.9 Å². The smallest absolute Gasteiger partial charge is 0.294 e. The Hall–Kier alpha value is -2.91. The number of nitro groups is 1. The quantitative estimate of drug-likeness (QED) is 0.396. The van der Waals surface area contributed by atoms with Gasteiger partial charge in [-0.2, -0.15) is 0 Å². The minimum Gasteiger partial charge on any atom is -0.494 e. The molecule has 1 N–H and O–H groups in total. The zero-order valence-electron chi connectivity index (χ0n) is 17.0. The predicted molar refractivity (Wildman–Crippen MR) is 124 cm³/mol. The Balaban J connectivity index is 1.57. The van der Waals surface area contributed by atoms with E-state index in [0.29, 0.717) is 59.9 Å². The minimum atomic E-state index is -0.434. The van der Waals surface area contributed by atoms with E-state index in [2.05, 4.69) is 5.32 Å². The molecule has 3 rings (SSSR count). The first-order valence-corrected chi connectivity index (χ1v) is 10.7. The zero-order valence-corrected chi connectivity index (χ0v) is 18.6. The number of benzene rings is 2. The molecule has 1 heterocycles. The van der Waals surface area contributed by atoms with Gasteiger partial charge in [-0.05, 0) is 49.0 Å². The predicted octanol–water partition coefficient (Wildman–Crippen LogP) is 3.87. The summed E-state index contributed by atoms with van der Waals surface area (Å²) in [7, 11) is 0. The molecule has 1 fully saturated rings. The number of thiocarbonyl (C=S) groups is 1. The maximum absolute atomic E-state index is 12.5. The van der Waals surface area contributed by atoms with Crippen LogP contribution in [0.2, 0.25) is 5.02 Å². The molecule has 1 aliphatic rings. The van der Waals surface area contributed by atoms with E-state index in [1.807, 2.05) is 16.7 Å². The van der Waals surface area contributed by atoms with Crippen molar-refractivity contribution >= 4 is 46.2 Å². The maximum Gasteiger partial charge on any atom is 0.294 e. The second-order valence-electron chi connectivity index (χ2n) is 6.97. The number of hydrogen-bond acceptors (Lipinski definition) is 6. The van der Waals surface area contributed by atoms with E-state index in [1.54, 1.807) is 36.4 Å². The molecule has 0 radical (unpaired) electrons. The molecule has 2 aromatic rings. The standard InChI is InChI=1S/C21H23ClN4O4S/c1-2-14-30-16-8-6-15(7-9-16)20(27)23-21(31)25-12-10-24(11-13-25)19-17(22)4-3-5-18(19)26(28)29/h3-9H,2,10-14H2,1H3,(H,23,27,31). The van der Waals surface area contributed by atoms with Gasteiger partial charge in [0.2, 0.25) is 0 Å². The SMILES string of the molecule is CCCOc1ccc(C(=O)NC(=S)N2CCN(c3c(Cl)cccc3[N+](=O)[O-])CC2)cc1. The van der Waals surface area contributed by atoms with Gasteiger partial charge in [0.15, 0.2) is 5.11 Å². The molecule has 31 heavy (non-hydrogen) atoms. The van der Waals surface area contributed by atoms with Crippen molar-refractivity contribution in [2.45, 2.75) is 13.3 Å². The highest BCUT2D eigenvalue weighted by Gasteiger charge is 2.27. The number of para-hydroxylation sites is 1. The zero-order chi connectivity index (χ0) is 22.4. The lowest BCUT2D eigenvalue weighted by Gasteiger charge is -2.37. The normalized spacial score (nSPS) is 13.6. The Bertz CT molecular complexity index is 962. The van der Waals surface area contributed by atoms with Crippen LogP contribution in [0, 0.1) is 10.1 Å². The van der Waals surface area contributed by atoms with Crippen LogP contribution in [0.15, 0.2) is 42.5 Å². The van der Waals surface area contributed by atoms with Gasteiger partial charge in [0.05, 0.1) is 16.6 Å². The van der Waals surface area contributed by atoms with Crippen LogP contribution in [0.1, 0.15) is 23.7 Å². The van der Waals surface area contributed by atoms with Crippen LogP contribution < -0.4 is 15.0 Å². The Labute approximate surface area is 190 Å². The number of amides is 1. The van der Waals surface area contributed by atoms with E-state index in [4.69, 9.17) is 28.6 Å². The molecule has 0 spiro atoms. The Morgan fingerprint density at radius 3 is 2.48 bits per heavy atom. The second-order valence-corrected chi connectivity index (χ2v) is 7.76. The third-order valence-electron chi connectivity index (χ3n) is 4.86. The van der Waals surface area contributed by atoms with Gasteiger partial charge in [0.1, 0.15) is 11.4 Å². The third-order valence-corrected chi connectivity index (χ3v) is 5.52. The van der Waals surface area contributed by atoms with Crippen LogP contribution >= 0.6 is 23.8 Å². The first-order chi connectivity index (χ1) is 14.9. The van der Waals surface area contributed by atoms with Crippen LogP contribution in [0.3, 0.4) is 0 Å². The second kappa shape index (κ2) is 10.4. The van der Waals surface area contributed by atoms with Crippen LogP contribution in [-0.2, 0) is 0 Å². The van der Waals surface area contributed by atoms with E-state index >= 15 is 0 Å². The molecule has 1 aliphatic heterocycles. The first-order valence-electron chi connectivity index (χ1n) is 9.91. The molecule has 164 valence electrons. The number of carbonyl (C=O) groups is 1. The lowest BCUT2D eigenvalue weighted by Crippen LogP contribution is -2.52. The van der Waals surface area contributed by atoms with Crippen LogP contribution in [0.25, 0.3) is 0 Å². The molecular weight excluding hydrogens is 440 g/mol. The van der Waals surface area contributed by atoms with Crippen molar-refractivity contribution in [3.63, 3.8) is 0 Å². The fraction of sp³-hybridized carbons (Fsp3) is 0.333. The molecule has 0 bridgehead atoms. The van der Waals surface area contributed by atoms with Gasteiger partial charge in [-0.15, -0.1) is 0 Å². The van der Waals surface area contributed by atoms with Crippen molar-refractivity contribution in [3.8, 4) is 5.75 Å². The summed E-state index contributed by atoms with van der Waals surface area (Å²) in [5.41, 5.74) is 0.869. The number of halogens is 1. The molecular formula is C21H23ClN4O4S. The number of nitro benzene ring substituents is 1. The highest BCUT2D eigenvalue weighted by molar-refractivity contribution is 7.80. The third kappa shape index (κ3) is 5.62. The molecule has 10 heteroatoms. The summed E-state index contributed by atoms with van der Waals surface area (Å²) in [6.45, 7) is 4.64.